The number of aromatic nitrogens is 1. The van der Waals surface area contributed by atoms with Crippen molar-refractivity contribution in [2.24, 2.45) is 0 Å². The summed E-state index contributed by atoms with van der Waals surface area (Å²) in [7, 11) is 0. The Morgan fingerprint density at radius 2 is 1.85 bits per heavy atom. The highest BCUT2D eigenvalue weighted by Gasteiger charge is 2.34. The molecular weight excluding hydrogens is 328 g/mol. The number of piperidine rings is 1. The molecule has 0 aliphatic carbocycles. The summed E-state index contributed by atoms with van der Waals surface area (Å²) >= 11 is 0. The smallest absolute Gasteiger partial charge is 0.326 e. The minimum absolute atomic E-state index is 0.106. The molecule has 1 fully saturated rings. The molecule has 26 heavy (non-hydrogen) atoms. The largest absolute Gasteiger partial charge is 0.480 e. The zero-order chi connectivity index (χ0) is 18.8. The van der Waals surface area contributed by atoms with Crippen LogP contribution < -0.4 is 0 Å². The van der Waals surface area contributed by atoms with Gasteiger partial charge in [-0.1, -0.05) is 30.3 Å². The number of rotatable bonds is 4. The number of aryl methyl sites for hydroxylation is 1. The second-order valence-corrected chi connectivity index (χ2v) is 7.09. The van der Waals surface area contributed by atoms with Gasteiger partial charge in [0.05, 0.1) is 11.6 Å². The topological polar surface area (TPSA) is 62.5 Å². The van der Waals surface area contributed by atoms with Crippen LogP contribution in [0.3, 0.4) is 0 Å². The van der Waals surface area contributed by atoms with Crippen LogP contribution in [0.25, 0.3) is 0 Å². The number of hydrogen-bond acceptors (Lipinski definition) is 2. The second kappa shape index (κ2) is 7.36. The van der Waals surface area contributed by atoms with Crippen molar-refractivity contribution in [1.29, 1.82) is 0 Å². The number of amides is 1. The highest BCUT2D eigenvalue weighted by atomic mass is 16.4. The van der Waals surface area contributed by atoms with Crippen molar-refractivity contribution in [1.82, 2.24) is 9.47 Å². The van der Waals surface area contributed by atoms with E-state index in [4.69, 9.17) is 0 Å². The first kappa shape index (κ1) is 18.2. The fourth-order valence-corrected chi connectivity index (χ4v) is 4.06. The Labute approximate surface area is 154 Å². The fourth-order valence-electron chi connectivity index (χ4n) is 4.06. The quantitative estimate of drug-likeness (QED) is 0.908. The van der Waals surface area contributed by atoms with Crippen LogP contribution in [-0.2, 0) is 4.79 Å². The van der Waals surface area contributed by atoms with E-state index in [0.29, 0.717) is 18.5 Å². The summed E-state index contributed by atoms with van der Waals surface area (Å²) in [5, 5.41) is 9.47. The molecule has 1 saturated heterocycles. The molecule has 1 aromatic carbocycles. The Balaban J connectivity index is 1.94. The predicted octanol–water partition coefficient (Wildman–Crippen LogP) is 3.79. The van der Waals surface area contributed by atoms with E-state index in [0.717, 1.165) is 24.2 Å². The lowest BCUT2D eigenvalue weighted by Gasteiger charge is -2.33. The zero-order valence-corrected chi connectivity index (χ0v) is 15.6. The summed E-state index contributed by atoms with van der Waals surface area (Å²) in [5.74, 6) is -1.08. The van der Waals surface area contributed by atoms with E-state index in [1.165, 1.54) is 10.5 Å². The molecule has 1 amide bonds. The van der Waals surface area contributed by atoms with Crippen molar-refractivity contribution >= 4 is 11.9 Å². The molecule has 2 atom stereocenters. The van der Waals surface area contributed by atoms with Crippen molar-refractivity contribution in [3.8, 4) is 0 Å². The molecule has 2 unspecified atom stereocenters. The Bertz CT molecular complexity index is 810. The van der Waals surface area contributed by atoms with Gasteiger partial charge in [0, 0.05) is 17.9 Å². The highest BCUT2D eigenvalue weighted by molar-refractivity contribution is 5.98. The third-order valence-electron chi connectivity index (χ3n) is 5.43. The molecule has 0 spiro atoms. The maximum absolute atomic E-state index is 13.1. The van der Waals surface area contributed by atoms with Crippen LogP contribution in [-0.4, -0.2) is 39.0 Å². The average molecular weight is 354 g/mol. The maximum Gasteiger partial charge on any atom is 0.326 e. The van der Waals surface area contributed by atoms with Gasteiger partial charge in [-0.25, -0.2) is 4.79 Å². The van der Waals surface area contributed by atoms with E-state index in [2.05, 4.69) is 23.6 Å². The second-order valence-electron chi connectivity index (χ2n) is 7.09. The minimum atomic E-state index is -0.912. The number of carboxylic acid groups (broad SMARTS) is 1. The van der Waals surface area contributed by atoms with Gasteiger partial charge in [0.25, 0.3) is 5.91 Å². The first-order valence-corrected chi connectivity index (χ1v) is 9.19. The number of hydrogen-bond donors (Lipinski definition) is 1. The van der Waals surface area contributed by atoms with Gasteiger partial charge in [0.15, 0.2) is 0 Å². The molecular formula is C21H26N2O3. The lowest BCUT2D eigenvalue weighted by Crippen LogP contribution is -2.48. The summed E-state index contributed by atoms with van der Waals surface area (Å²) in [6, 6.07) is 11.5. The minimum Gasteiger partial charge on any atom is -0.480 e. The Morgan fingerprint density at radius 3 is 2.50 bits per heavy atom. The number of nitrogens with zero attached hydrogens (tertiary/aromatic N) is 2. The molecule has 1 aliphatic rings. The van der Waals surface area contributed by atoms with Crippen molar-refractivity contribution in [3.63, 3.8) is 0 Å². The lowest BCUT2D eigenvalue weighted by atomic mass is 10.0. The van der Waals surface area contributed by atoms with E-state index in [-0.39, 0.29) is 11.9 Å². The molecule has 1 N–H and O–H groups in total. The third-order valence-corrected chi connectivity index (χ3v) is 5.43. The van der Waals surface area contributed by atoms with Crippen LogP contribution in [0.15, 0.2) is 36.4 Å². The number of aliphatic carboxylic acids is 1. The van der Waals surface area contributed by atoms with Crippen LogP contribution in [0.4, 0.5) is 0 Å². The van der Waals surface area contributed by atoms with E-state index in [1.54, 1.807) is 0 Å². The zero-order valence-electron chi connectivity index (χ0n) is 15.6. The molecule has 0 radical (unpaired) electrons. The Hall–Kier alpha value is -2.56. The van der Waals surface area contributed by atoms with Gasteiger partial charge in [-0.3, -0.25) is 4.79 Å². The van der Waals surface area contributed by atoms with Crippen molar-refractivity contribution in [2.45, 2.75) is 52.1 Å². The van der Waals surface area contributed by atoms with Crippen molar-refractivity contribution in [3.05, 3.63) is 58.9 Å². The normalized spacial score (nSPS) is 18.6. The van der Waals surface area contributed by atoms with E-state index in [1.807, 2.05) is 38.1 Å². The van der Waals surface area contributed by atoms with E-state index < -0.39 is 12.0 Å². The standard InChI is InChI=1S/C21H26N2O3/c1-14-13-18(20(24)22-12-8-7-11-19(22)21(25)26)16(3)23(14)15(2)17-9-5-4-6-10-17/h4-6,9-10,13,15,19H,7-8,11-12H2,1-3H3,(H,25,26). The Kier molecular flexibility index (Phi) is 5.16. The Morgan fingerprint density at radius 1 is 1.15 bits per heavy atom. The van der Waals surface area contributed by atoms with Gasteiger partial charge in [-0.05, 0) is 51.7 Å². The number of carbonyl (C=O) groups excluding carboxylic acids is 1. The van der Waals surface area contributed by atoms with Crippen molar-refractivity contribution in [2.75, 3.05) is 6.54 Å². The molecule has 2 heterocycles. The third kappa shape index (κ3) is 3.26. The van der Waals surface area contributed by atoms with E-state index in [9.17, 15) is 14.7 Å². The van der Waals surface area contributed by atoms with E-state index >= 15 is 0 Å². The number of benzene rings is 1. The first-order valence-electron chi connectivity index (χ1n) is 9.19. The molecule has 1 aliphatic heterocycles. The molecule has 1 aromatic heterocycles. The fraction of sp³-hybridized carbons (Fsp3) is 0.429. The van der Waals surface area contributed by atoms with Gasteiger partial charge >= 0.3 is 5.97 Å². The molecule has 0 saturated carbocycles. The first-order chi connectivity index (χ1) is 12.4. The van der Waals surface area contributed by atoms with Crippen LogP contribution >= 0.6 is 0 Å². The molecule has 0 bridgehead atoms. The van der Waals surface area contributed by atoms with Gasteiger partial charge in [0.1, 0.15) is 6.04 Å². The monoisotopic (exact) mass is 354 g/mol. The molecule has 5 heteroatoms. The summed E-state index contributed by atoms with van der Waals surface area (Å²) < 4.78 is 2.16. The average Bonchev–Trinajstić information content (AvgIpc) is 2.95. The van der Waals surface area contributed by atoms with Crippen LogP contribution in [0.2, 0.25) is 0 Å². The van der Waals surface area contributed by atoms with Gasteiger partial charge < -0.3 is 14.6 Å². The van der Waals surface area contributed by atoms with Crippen LogP contribution in [0.5, 0.6) is 0 Å². The van der Waals surface area contributed by atoms with Gasteiger partial charge in [-0.15, -0.1) is 0 Å². The van der Waals surface area contributed by atoms with Crippen LogP contribution in [0, 0.1) is 13.8 Å². The van der Waals surface area contributed by atoms with Gasteiger partial charge in [0.2, 0.25) is 0 Å². The van der Waals surface area contributed by atoms with Gasteiger partial charge in [-0.2, -0.15) is 0 Å². The molecule has 3 rings (SSSR count). The lowest BCUT2D eigenvalue weighted by molar-refractivity contribution is -0.143. The molecule has 5 nitrogen and oxygen atoms in total. The summed E-state index contributed by atoms with van der Waals surface area (Å²) in [4.78, 5) is 26.2. The number of carbonyl (C=O) groups is 2. The highest BCUT2D eigenvalue weighted by Crippen LogP contribution is 2.28. The number of carboxylic acids is 1. The predicted molar refractivity (Wildman–Crippen MR) is 100 cm³/mol. The molecule has 138 valence electrons. The van der Waals surface area contributed by atoms with Crippen LogP contribution in [0.1, 0.15) is 59.5 Å². The van der Waals surface area contributed by atoms with Crippen molar-refractivity contribution < 1.29 is 14.7 Å². The number of likely N-dealkylation sites (tertiary alicyclic amines) is 1. The molecule has 2 aromatic rings. The summed E-state index contributed by atoms with van der Waals surface area (Å²) in [6.07, 6.45) is 2.24. The summed E-state index contributed by atoms with van der Waals surface area (Å²) in [5.41, 5.74) is 3.68. The summed E-state index contributed by atoms with van der Waals surface area (Å²) in [6.45, 7) is 6.56. The maximum atomic E-state index is 13.1. The SMILES string of the molecule is Cc1cc(C(=O)N2CCCCC2C(=O)O)c(C)n1C(C)c1ccccc1.